The van der Waals surface area contributed by atoms with Crippen molar-refractivity contribution in [1.29, 1.82) is 10.5 Å². The van der Waals surface area contributed by atoms with Crippen molar-refractivity contribution in [3.05, 3.63) is 28.8 Å². The molecule has 3 nitrogen and oxygen atoms in total. The van der Waals surface area contributed by atoms with Crippen molar-refractivity contribution in [1.82, 2.24) is 0 Å². The summed E-state index contributed by atoms with van der Waals surface area (Å²) in [6.07, 6.45) is -4.94. The van der Waals surface area contributed by atoms with Gasteiger partial charge in [0.2, 0.25) is 0 Å². The first-order valence-corrected chi connectivity index (χ1v) is 4.10. The third kappa shape index (κ3) is 2.23. The Morgan fingerprint density at radius 2 is 1.88 bits per heavy atom. The van der Waals surface area contributed by atoms with Crippen LogP contribution in [-0.2, 0) is 12.6 Å². The number of hydrogen-bond acceptors (Lipinski definition) is 3. The Kier molecular flexibility index (Phi) is 3.05. The number of nitrogens with zero attached hydrogens (tertiary/aromatic N) is 2. The van der Waals surface area contributed by atoms with E-state index in [0.29, 0.717) is 12.1 Å². The van der Waals surface area contributed by atoms with E-state index < -0.39 is 17.5 Å². The monoisotopic (exact) mass is 226 g/mol. The standard InChI is InChI=1S/C10H5F3N2O/c11-10(12,13)7-3-6(5-15)8(1-2-14)9(16)4-7/h3-4,16H,1H2. The molecule has 0 aliphatic carbocycles. The van der Waals surface area contributed by atoms with Crippen molar-refractivity contribution in [3.8, 4) is 17.9 Å². The molecule has 1 rings (SSSR count). The van der Waals surface area contributed by atoms with Crippen LogP contribution in [0, 0.1) is 22.7 Å². The quantitative estimate of drug-likeness (QED) is 0.799. The van der Waals surface area contributed by atoms with E-state index in [0.717, 1.165) is 0 Å². The van der Waals surface area contributed by atoms with E-state index >= 15 is 0 Å². The minimum absolute atomic E-state index is 0.0852. The lowest BCUT2D eigenvalue weighted by molar-refractivity contribution is -0.137. The van der Waals surface area contributed by atoms with Gasteiger partial charge in [-0.05, 0) is 12.1 Å². The average molecular weight is 226 g/mol. The molecule has 0 amide bonds. The molecule has 0 saturated carbocycles. The van der Waals surface area contributed by atoms with E-state index in [1.807, 2.05) is 0 Å². The zero-order chi connectivity index (χ0) is 12.3. The molecule has 0 aliphatic rings. The van der Waals surface area contributed by atoms with E-state index in [9.17, 15) is 18.3 Å². The number of aromatic hydroxyl groups is 1. The fourth-order valence-corrected chi connectivity index (χ4v) is 1.18. The Bertz CT molecular complexity index is 495. The molecule has 0 unspecified atom stereocenters. The van der Waals surface area contributed by atoms with Gasteiger partial charge in [0.1, 0.15) is 5.75 Å². The lowest BCUT2D eigenvalue weighted by Gasteiger charge is -2.10. The molecule has 82 valence electrons. The van der Waals surface area contributed by atoms with Gasteiger partial charge in [0.05, 0.1) is 29.7 Å². The number of nitriles is 2. The SMILES string of the molecule is N#CCc1c(O)cc(C(F)(F)F)cc1C#N. The molecule has 6 heteroatoms. The molecule has 1 aromatic rings. The largest absolute Gasteiger partial charge is 0.508 e. The van der Waals surface area contributed by atoms with Crippen molar-refractivity contribution < 1.29 is 18.3 Å². The molecule has 0 heterocycles. The molecule has 0 saturated heterocycles. The van der Waals surface area contributed by atoms with Crippen LogP contribution in [-0.4, -0.2) is 5.11 Å². The van der Waals surface area contributed by atoms with Gasteiger partial charge < -0.3 is 5.11 Å². The summed E-state index contributed by atoms with van der Waals surface area (Å²) in [4.78, 5) is 0. The first-order valence-electron chi connectivity index (χ1n) is 4.10. The van der Waals surface area contributed by atoms with Crippen LogP contribution < -0.4 is 0 Å². The van der Waals surface area contributed by atoms with Gasteiger partial charge in [-0.15, -0.1) is 0 Å². The van der Waals surface area contributed by atoms with Gasteiger partial charge in [-0.2, -0.15) is 23.7 Å². The van der Waals surface area contributed by atoms with Crippen molar-refractivity contribution in [2.75, 3.05) is 0 Å². The summed E-state index contributed by atoms with van der Waals surface area (Å²) < 4.78 is 36.9. The number of halogens is 3. The zero-order valence-electron chi connectivity index (χ0n) is 7.84. The fraction of sp³-hybridized carbons (Fsp3) is 0.200. The van der Waals surface area contributed by atoms with E-state index in [1.165, 1.54) is 6.07 Å². The van der Waals surface area contributed by atoms with Crippen LogP contribution in [0.25, 0.3) is 0 Å². The summed E-state index contributed by atoms with van der Waals surface area (Å²) in [7, 11) is 0. The fourth-order valence-electron chi connectivity index (χ4n) is 1.18. The van der Waals surface area contributed by atoms with Crippen molar-refractivity contribution >= 4 is 0 Å². The Labute approximate surface area is 89.0 Å². The number of alkyl halides is 3. The highest BCUT2D eigenvalue weighted by molar-refractivity contribution is 5.50. The molecule has 0 fully saturated rings. The first-order chi connectivity index (χ1) is 7.40. The summed E-state index contributed by atoms with van der Waals surface area (Å²) in [5.41, 5.74) is -1.53. The van der Waals surface area contributed by atoms with E-state index in [2.05, 4.69) is 0 Å². The molecule has 16 heavy (non-hydrogen) atoms. The molecular weight excluding hydrogens is 221 g/mol. The van der Waals surface area contributed by atoms with E-state index in [4.69, 9.17) is 10.5 Å². The van der Waals surface area contributed by atoms with E-state index in [1.54, 1.807) is 6.07 Å². The van der Waals surface area contributed by atoms with Crippen molar-refractivity contribution in [2.45, 2.75) is 12.6 Å². The summed E-state index contributed by atoms with van der Waals surface area (Å²) in [5, 5.41) is 26.3. The second kappa shape index (κ2) is 4.11. The predicted molar refractivity (Wildman–Crippen MR) is 47.1 cm³/mol. The van der Waals surface area contributed by atoms with Gasteiger partial charge in [0.15, 0.2) is 0 Å². The van der Waals surface area contributed by atoms with Crippen LogP contribution in [0.15, 0.2) is 12.1 Å². The van der Waals surface area contributed by atoms with Gasteiger partial charge in [-0.25, -0.2) is 0 Å². The number of benzene rings is 1. The lowest BCUT2D eigenvalue weighted by atomic mass is 10.0. The molecule has 0 atom stereocenters. The van der Waals surface area contributed by atoms with Crippen LogP contribution >= 0.6 is 0 Å². The molecule has 0 aromatic heterocycles. The van der Waals surface area contributed by atoms with Crippen molar-refractivity contribution in [3.63, 3.8) is 0 Å². The maximum absolute atomic E-state index is 12.3. The maximum atomic E-state index is 12.3. The number of phenols is 1. The third-order valence-electron chi connectivity index (χ3n) is 1.93. The maximum Gasteiger partial charge on any atom is 0.416 e. The molecule has 1 aromatic carbocycles. The highest BCUT2D eigenvalue weighted by Crippen LogP contribution is 2.34. The molecule has 0 spiro atoms. The second-order valence-electron chi connectivity index (χ2n) is 2.97. The van der Waals surface area contributed by atoms with Gasteiger partial charge in [0.25, 0.3) is 0 Å². The summed E-state index contributed by atoms with van der Waals surface area (Å²) in [5.74, 6) is -0.687. The van der Waals surface area contributed by atoms with Crippen LogP contribution in [0.4, 0.5) is 13.2 Å². The lowest BCUT2D eigenvalue weighted by Crippen LogP contribution is -2.06. The number of phenolic OH excluding ortho intramolecular Hbond substituents is 1. The highest BCUT2D eigenvalue weighted by Gasteiger charge is 2.32. The Morgan fingerprint density at radius 1 is 1.25 bits per heavy atom. The van der Waals surface area contributed by atoms with Gasteiger partial charge in [-0.1, -0.05) is 0 Å². The van der Waals surface area contributed by atoms with E-state index in [-0.39, 0.29) is 17.5 Å². The normalized spacial score (nSPS) is 10.6. The van der Waals surface area contributed by atoms with Gasteiger partial charge in [0, 0.05) is 5.56 Å². The zero-order valence-corrected chi connectivity index (χ0v) is 7.84. The topological polar surface area (TPSA) is 67.8 Å². The average Bonchev–Trinajstić information content (AvgIpc) is 2.19. The number of rotatable bonds is 1. The highest BCUT2D eigenvalue weighted by atomic mass is 19.4. The Hall–Kier alpha value is -2.21. The summed E-state index contributed by atoms with van der Waals surface area (Å²) in [6.45, 7) is 0. The third-order valence-corrected chi connectivity index (χ3v) is 1.93. The van der Waals surface area contributed by atoms with Gasteiger partial charge >= 0.3 is 6.18 Å². The Morgan fingerprint density at radius 3 is 2.31 bits per heavy atom. The minimum Gasteiger partial charge on any atom is -0.508 e. The molecule has 1 N–H and O–H groups in total. The predicted octanol–water partition coefficient (Wildman–Crippen LogP) is 2.35. The Balaban J connectivity index is 3.41. The minimum atomic E-state index is -4.63. The van der Waals surface area contributed by atoms with Gasteiger partial charge in [-0.3, -0.25) is 0 Å². The van der Waals surface area contributed by atoms with Crippen LogP contribution in [0.1, 0.15) is 16.7 Å². The molecule has 0 bridgehead atoms. The van der Waals surface area contributed by atoms with Crippen LogP contribution in [0.3, 0.4) is 0 Å². The van der Waals surface area contributed by atoms with Crippen molar-refractivity contribution in [2.24, 2.45) is 0 Å². The molecule has 0 aliphatic heterocycles. The van der Waals surface area contributed by atoms with Crippen LogP contribution in [0.5, 0.6) is 5.75 Å². The first kappa shape index (κ1) is 11.9. The second-order valence-corrected chi connectivity index (χ2v) is 2.97. The molecule has 0 radical (unpaired) electrons. The number of hydrogen-bond donors (Lipinski definition) is 1. The summed E-state index contributed by atoms with van der Waals surface area (Å²) >= 11 is 0. The molecular formula is C10H5F3N2O. The summed E-state index contributed by atoms with van der Waals surface area (Å²) in [6, 6.07) is 4.31. The smallest absolute Gasteiger partial charge is 0.416 e. The van der Waals surface area contributed by atoms with Crippen LogP contribution in [0.2, 0.25) is 0 Å².